The summed E-state index contributed by atoms with van der Waals surface area (Å²) in [5.74, 6) is -0.259. The van der Waals surface area contributed by atoms with Crippen molar-refractivity contribution < 1.29 is 9.72 Å². The number of rotatable bonds is 4. The van der Waals surface area contributed by atoms with E-state index in [9.17, 15) is 14.9 Å². The highest BCUT2D eigenvalue weighted by atomic mass is 16.6. The van der Waals surface area contributed by atoms with Gasteiger partial charge in [0.15, 0.2) is 0 Å². The van der Waals surface area contributed by atoms with Gasteiger partial charge < -0.3 is 0 Å². The molecule has 0 aliphatic carbocycles. The van der Waals surface area contributed by atoms with E-state index in [1.54, 1.807) is 18.2 Å². The number of hydrazine groups is 1. The second kappa shape index (κ2) is 6.81. The summed E-state index contributed by atoms with van der Waals surface area (Å²) in [6.07, 6.45) is 6.15. The lowest BCUT2D eigenvalue weighted by Gasteiger charge is -2.26. The summed E-state index contributed by atoms with van der Waals surface area (Å²) in [5, 5.41) is 12.7. The van der Waals surface area contributed by atoms with Crippen LogP contribution in [0.2, 0.25) is 0 Å². The first-order valence-electron chi connectivity index (χ1n) is 6.64. The molecular formula is C14H17N3O3. The van der Waals surface area contributed by atoms with Gasteiger partial charge in [0.1, 0.15) is 0 Å². The molecule has 6 heteroatoms. The third-order valence-corrected chi connectivity index (χ3v) is 3.17. The molecular weight excluding hydrogens is 258 g/mol. The minimum Gasteiger partial charge on any atom is -0.285 e. The van der Waals surface area contributed by atoms with Gasteiger partial charge in [-0.2, -0.15) is 0 Å². The molecule has 0 aromatic heterocycles. The zero-order valence-electron chi connectivity index (χ0n) is 11.1. The normalized spacial score (nSPS) is 16.2. The second-order valence-electron chi connectivity index (χ2n) is 4.67. The molecule has 106 valence electrons. The number of para-hydroxylation sites is 1. The molecule has 1 aromatic carbocycles. The molecule has 1 heterocycles. The minimum atomic E-state index is -0.456. The van der Waals surface area contributed by atoms with Crippen LogP contribution in [0.15, 0.2) is 30.3 Å². The molecule has 1 amide bonds. The van der Waals surface area contributed by atoms with E-state index >= 15 is 0 Å². The molecule has 1 aromatic rings. The number of hydrogen-bond donors (Lipinski definition) is 1. The van der Waals surface area contributed by atoms with Gasteiger partial charge in [-0.3, -0.25) is 20.3 Å². The number of nitro benzene ring substituents is 1. The molecule has 1 aliphatic rings. The lowest BCUT2D eigenvalue weighted by atomic mass is 10.1. The van der Waals surface area contributed by atoms with Crippen molar-refractivity contribution in [3.05, 3.63) is 46.0 Å². The third-order valence-electron chi connectivity index (χ3n) is 3.17. The van der Waals surface area contributed by atoms with E-state index in [1.807, 2.05) is 5.01 Å². The molecule has 0 saturated carbocycles. The summed E-state index contributed by atoms with van der Waals surface area (Å²) in [6.45, 7) is 1.70. The first-order chi connectivity index (χ1) is 9.66. The lowest BCUT2D eigenvalue weighted by Crippen LogP contribution is -2.44. The number of piperidine rings is 1. The molecule has 2 rings (SSSR count). The Morgan fingerprint density at radius 1 is 1.25 bits per heavy atom. The van der Waals surface area contributed by atoms with Gasteiger partial charge in [-0.25, -0.2) is 5.01 Å². The van der Waals surface area contributed by atoms with Crippen LogP contribution in [0.1, 0.15) is 24.8 Å². The van der Waals surface area contributed by atoms with E-state index in [4.69, 9.17) is 0 Å². The van der Waals surface area contributed by atoms with Crippen LogP contribution < -0.4 is 5.43 Å². The summed E-state index contributed by atoms with van der Waals surface area (Å²) >= 11 is 0. The Hall–Kier alpha value is -2.21. The molecule has 20 heavy (non-hydrogen) atoms. The molecule has 0 unspecified atom stereocenters. The van der Waals surface area contributed by atoms with E-state index in [-0.39, 0.29) is 11.6 Å². The number of carbonyl (C=O) groups is 1. The van der Waals surface area contributed by atoms with Gasteiger partial charge in [-0.1, -0.05) is 18.6 Å². The van der Waals surface area contributed by atoms with E-state index < -0.39 is 4.92 Å². The largest absolute Gasteiger partial charge is 0.285 e. The van der Waals surface area contributed by atoms with Crippen molar-refractivity contribution in [3.63, 3.8) is 0 Å². The van der Waals surface area contributed by atoms with Crippen LogP contribution in [0.25, 0.3) is 6.08 Å². The van der Waals surface area contributed by atoms with E-state index in [2.05, 4.69) is 5.43 Å². The smallest absolute Gasteiger partial charge is 0.276 e. The van der Waals surface area contributed by atoms with E-state index in [0.29, 0.717) is 5.56 Å². The van der Waals surface area contributed by atoms with Crippen LogP contribution in [0.3, 0.4) is 0 Å². The average Bonchev–Trinajstić information content (AvgIpc) is 2.46. The Labute approximate surface area is 117 Å². The highest BCUT2D eigenvalue weighted by molar-refractivity contribution is 5.91. The summed E-state index contributed by atoms with van der Waals surface area (Å²) in [4.78, 5) is 22.1. The predicted molar refractivity (Wildman–Crippen MR) is 75.7 cm³/mol. The molecule has 6 nitrogen and oxygen atoms in total. The maximum atomic E-state index is 11.8. The fourth-order valence-corrected chi connectivity index (χ4v) is 2.16. The highest BCUT2D eigenvalue weighted by Gasteiger charge is 2.12. The first kappa shape index (κ1) is 14.2. The molecule has 0 atom stereocenters. The Bertz CT molecular complexity index is 522. The van der Waals surface area contributed by atoms with Gasteiger partial charge in [-0.05, 0) is 25.0 Å². The summed E-state index contributed by atoms with van der Waals surface area (Å²) < 4.78 is 0. The SMILES string of the molecule is O=C(/C=C/c1ccccc1[N+](=O)[O-])NN1CCCCC1. The standard InChI is InChI=1S/C14H17N3O3/c18-14(15-16-10-4-1-5-11-16)9-8-12-6-2-3-7-13(12)17(19)20/h2-3,6-9H,1,4-5,10-11H2,(H,15,18)/b9-8+. The number of nitrogens with one attached hydrogen (secondary N) is 1. The van der Waals surface area contributed by atoms with Crippen LogP contribution in [0.4, 0.5) is 5.69 Å². The minimum absolute atomic E-state index is 0.00507. The van der Waals surface area contributed by atoms with Gasteiger partial charge in [0.2, 0.25) is 0 Å². The first-order valence-corrected chi connectivity index (χ1v) is 6.64. The number of amides is 1. The van der Waals surface area contributed by atoms with Gasteiger partial charge in [0, 0.05) is 25.2 Å². The monoisotopic (exact) mass is 275 g/mol. The van der Waals surface area contributed by atoms with Crippen LogP contribution in [0.5, 0.6) is 0 Å². The second-order valence-corrected chi connectivity index (χ2v) is 4.67. The van der Waals surface area contributed by atoms with Crippen LogP contribution in [0, 0.1) is 10.1 Å². The molecule has 1 fully saturated rings. The van der Waals surface area contributed by atoms with Crippen molar-refractivity contribution in [1.29, 1.82) is 0 Å². The molecule has 0 radical (unpaired) electrons. The summed E-state index contributed by atoms with van der Waals surface area (Å²) in [7, 11) is 0. The van der Waals surface area contributed by atoms with Gasteiger partial charge >= 0.3 is 0 Å². The van der Waals surface area contributed by atoms with Crippen molar-refractivity contribution >= 4 is 17.7 Å². The van der Waals surface area contributed by atoms with Crippen molar-refractivity contribution in [3.8, 4) is 0 Å². The molecule has 1 saturated heterocycles. The lowest BCUT2D eigenvalue weighted by molar-refractivity contribution is -0.385. The van der Waals surface area contributed by atoms with Gasteiger partial charge in [-0.15, -0.1) is 0 Å². The maximum Gasteiger partial charge on any atom is 0.276 e. The van der Waals surface area contributed by atoms with Crippen molar-refractivity contribution in [1.82, 2.24) is 10.4 Å². The Morgan fingerprint density at radius 3 is 2.65 bits per heavy atom. The Kier molecular flexibility index (Phi) is 4.84. The highest BCUT2D eigenvalue weighted by Crippen LogP contribution is 2.18. The number of nitrogens with zero attached hydrogens (tertiary/aromatic N) is 2. The quantitative estimate of drug-likeness (QED) is 0.519. The maximum absolute atomic E-state index is 11.8. The fraction of sp³-hybridized carbons (Fsp3) is 0.357. The molecule has 1 N–H and O–H groups in total. The zero-order valence-corrected chi connectivity index (χ0v) is 11.1. The zero-order chi connectivity index (χ0) is 14.4. The van der Waals surface area contributed by atoms with E-state index in [1.165, 1.54) is 24.6 Å². The average molecular weight is 275 g/mol. The van der Waals surface area contributed by atoms with Crippen LogP contribution in [-0.4, -0.2) is 28.9 Å². The number of nitro groups is 1. The number of hydrogen-bond acceptors (Lipinski definition) is 4. The molecule has 0 bridgehead atoms. The molecule has 1 aliphatic heterocycles. The van der Waals surface area contributed by atoms with Crippen molar-refractivity contribution in [2.24, 2.45) is 0 Å². The molecule has 0 spiro atoms. The number of carbonyl (C=O) groups excluding carboxylic acids is 1. The van der Waals surface area contributed by atoms with Crippen LogP contribution >= 0.6 is 0 Å². The van der Waals surface area contributed by atoms with Crippen LogP contribution in [-0.2, 0) is 4.79 Å². The fourth-order valence-electron chi connectivity index (χ4n) is 2.16. The van der Waals surface area contributed by atoms with Crippen molar-refractivity contribution in [2.75, 3.05) is 13.1 Å². The van der Waals surface area contributed by atoms with Gasteiger partial charge in [0.25, 0.3) is 11.6 Å². The predicted octanol–water partition coefficient (Wildman–Crippen LogP) is 2.13. The number of benzene rings is 1. The Balaban J connectivity index is 1.98. The van der Waals surface area contributed by atoms with Gasteiger partial charge in [0.05, 0.1) is 10.5 Å². The van der Waals surface area contributed by atoms with Crippen molar-refractivity contribution in [2.45, 2.75) is 19.3 Å². The Morgan fingerprint density at radius 2 is 1.95 bits per heavy atom. The third kappa shape index (κ3) is 3.89. The summed E-state index contributed by atoms with van der Waals surface area (Å²) in [6, 6.07) is 6.34. The van der Waals surface area contributed by atoms with E-state index in [0.717, 1.165) is 25.9 Å². The topological polar surface area (TPSA) is 75.5 Å². The summed E-state index contributed by atoms with van der Waals surface area (Å²) in [5.41, 5.74) is 3.19.